The van der Waals surface area contributed by atoms with Crippen molar-refractivity contribution in [3.05, 3.63) is 65.7 Å². The predicted molar refractivity (Wildman–Crippen MR) is 138 cm³/mol. The van der Waals surface area contributed by atoms with Crippen molar-refractivity contribution in [3.63, 3.8) is 0 Å². The highest BCUT2D eigenvalue weighted by molar-refractivity contribution is 14.0. The van der Waals surface area contributed by atoms with Crippen LogP contribution in [0.1, 0.15) is 43.7 Å². The molecule has 0 aliphatic carbocycles. The summed E-state index contributed by atoms with van der Waals surface area (Å²) in [6, 6.07) is 17.5. The monoisotopic (exact) mass is 556 g/mol. The number of benzene rings is 2. The first-order valence-corrected chi connectivity index (χ1v) is 12.1. The Morgan fingerprint density at radius 1 is 1.03 bits per heavy atom. The van der Waals surface area contributed by atoms with Gasteiger partial charge in [0.15, 0.2) is 5.96 Å². The number of aliphatic imine (C=N–C) groups is 1. The van der Waals surface area contributed by atoms with Gasteiger partial charge in [-0.15, -0.1) is 24.0 Å². The zero-order chi connectivity index (χ0) is 21.4. The molecule has 8 heteroatoms. The Labute approximate surface area is 203 Å². The first kappa shape index (κ1) is 25.6. The fraction of sp³-hybridized carbons (Fsp3) is 0.435. The lowest BCUT2D eigenvalue weighted by molar-refractivity contribution is 0.477. The molecule has 0 bridgehead atoms. The fourth-order valence-corrected chi connectivity index (χ4v) is 5.02. The van der Waals surface area contributed by atoms with E-state index >= 15 is 0 Å². The third kappa shape index (κ3) is 7.18. The van der Waals surface area contributed by atoms with Crippen LogP contribution in [0.3, 0.4) is 0 Å². The molecule has 2 N–H and O–H groups in total. The van der Waals surface area contributed by atoms with Crippen LogP contribution in [0, 0.1) is 0 Å². The molecule has 170 valence electrons. The summed E-state index contributed by atoms with van der Waals surface area (Å²) in [4.78, 5) is 5.01. The summed E-state index contributed by atoms with van der Waals surface area (Å²) < 4.78 is 26.9. The van der Waals surface area contributed by atoms with Gasteiger partial charge in [-0.25, -0.2) is 13.4 Å². The van der Waals surface area contributed by atoms with Crippen molar-refractivity contribution in [2.45, 2.75) is 44.0 Å². The smallest absolute Gasteiger partial charge is 0.243 e. The zero-order valence-corrected chi connectivity index (χ0v) is 21.4. The third-order valence-electron chi connectivity index (χ3n) is 5.33. The number of guanidine groups is 1. The number of rotatable bonds is 8. The van der Waals surface area contributed by atoms with E-state index in [0.717, 1.165) is 37.5 Å². The average molecular weight is 557 g/mol. The van der Waals surface area contributed by atoms with Crippen molar-refractivity contribution >= 4 is 40.0 Å². The van der Waals surface area contributed by atoms with Gasteiger partial charge in [-0.3, -0.25) is 0 Å². The van der Waals surface area contributed by atoms with Crippen molar-refractivity contribution < 1.29 is 8.42 Å². The second-order valence-electron chi connectivity index (χ2n) is 7.64. The van der Waals surface area contributed by atoms with Gasteiger partial charge in [-0.2, -0.15) is 4.31 Å². The summed E-state index contributed by atoms with van der Waals surface area (Å²) in [5, 5.41) is 6.67. The number of hydrogen-bond acceptors (Lipinski definition) is 3. The molecule has 0 saturated carbocycles. The van der Waals surface area contributed by atoms with E-state index in [1.54, 1.807) is 16.4 Å². The van der Waals surface area contributed by atoms with Gasteiger partial charge in [0, 0.05) is 26.2 Å². The van der Waals surface area contributed by atoms with Gasteiger partial charge in [0.1, 0.15) is 0 Å². The van der Waals surface area contributed by atoms with Crippen LogP contribution in [0.2, 0.25) is 0 Å². The summed E-state index contributed by atoms with van der Waals surface area (Å²) in [6.07, 6.45) is 1.88. The summed E-state index contributed by atoms with van der Waals surface area (Å²) >= 11 is 0. The van der Waals surface area contributed by atoms with Crippen molar-refractivity contribution in [3.8, 4) is 0 Å². The zero-order valence-electron chi connectivity index (χ0n) is 18.3. The van der Waals surface area contributed by atoms with Crippen molar-refractivity contribution in [2.24, 2.45) is 4.99 Å². The molecule has 1 heterocycles. The first-order chi connectivity index (χ1) is 14.5. The van der Waals surface area contributed by atoms with Crippen LogP contribution in [-0.2, 0) is 16.6 Å². The second-order valence-corrected chi connectivity index (χ2v) is 9.58. The van der Waals surface area contributed by atoms with Crippen LogP contribution in [0.25, 0.3) is 0 Å². The number of hydrogen-bond donors (Lipinski definition) is 2. The maximum absolute atomic E-state index is 12.6. The second kappa shape index (κ2) is 12.4. The van der Waals surface area contributed by atoms with E-state index < -0.39 is 10.0 Å². The number of sulfonamides is 1. The Kier molecular flexibility index (Phi) is 10.2. The number of halogens is 1. The molecule has 2 aromatic rings. The van der Waals surface area contributed by atoms with Crippen LogP contribution in [0.4, 0.5) is 0 Å². The summed E-state index contributed by atoms with van der Waals surface area (Å²) in [6.45, 7) is 7.50. The molecule has 1 aliphatic rings. The molecule has 1 aliphatic heterocycles. The predicted octanol–water partition coefficient (Wildman–Crippen LogP) is 3.95. The van der Waals surface area contributed by atoms with Gasteiger partial charge in [0.25, 0.3) is 0 Å². The minimum absolute atomic E-state index is 0. The highest BCUT2D eigenvalue weighted by Gasteiger charge is 2.26. The normalized spacial score (nSPS) is 15.9. The molecule has 0 amide bonds. The maximum Gasteiger partial charge on any atom is 0.243 e. The van der Waals surface area contributed by atoms with Crippen molar-refractivity contribution in [1.29, 1.82) is 0 Å². The molecule has 2 aromatic carbocycles. The minimum atomic E-state index is -3.37. The first-order valence-electron chi connectivity index (χ1n) is 10.7. The maximum atomic E-state index is 12.6. The lowest BCUT2D eigenvalue weighted by atomic mass is 10.0. The van der Waals surface area contributed by atoms with E-state index in [9.17, 15) is 8.42 Å². The Morgan fingerprint density at radius 3 is 2.29 bits per heavy atom. The highest BCUT2D eigenvalue weighted by atomic mass is 127. The van der Waals surface area contributed by atoms with Gasteiger partial charge in [0.2, 0.25) is 10.0 Å². The third-order valence-corrected chi connectivity index (χ3v) is 7.25. The largest absolute Gasteiger partial charge is 0.357 e. The van der Waals surface area contributed by atoms with Gasteiger partial charge in [0.05, 0.1) is 11.4 Å². The van der Waals surface area contributed by atoms with Crippen LogP contribution >= 0.6 is 24.0 Å². The topological polar surface area (TPSA) is 73.8 Å². The Bertz CT molecular complexity index is 928. The molecular weight excluding hydrogens is 523 g/mol. The van der Waals surface area contributed by atoms with E-state index in [0.29, 0.717) is 30.4 Å². The van der Waals surface area contributed by atoms with E-state index in [2.05, 4.69) is 46.8 Å². The van der Waals surface area contributed by atoms with Gasteiger partial charge in [-0.1, -0.05) is 49.4 Å². The Morgan fingerprint density at radius 2 is 1.68 bits per heavy atom. The molecule has 0 aromatic heterocycles. The molecular formula is C23H33IN4O2S. The van der Waals surface area contributed by atoms with Crippen LogP contribution < -0.4 is 10.6 Å². The molecule has 1 saturated heterocycles. The molecule has 1 fully saturated rings. The summed E-state index contributed by atoms with van der Waals surface area (Å²) in [5.41, 5.74) is 2.26. The van der Waals surface area contributed by atoms with Crippen molar-refractivity contribution in [1.82, 2.24) is 14.9 Å². The van der Waals surface area contributed by atoms with E-state index in [-0.39, 0.29) is 24.0 Å². The summed E-state index contributed by atoms with van der Waals surface area (Å²) in [5.74, 6) is 1.12. The van der Waals surface area contributed by atoms with Crippen LogP contribution in [0.5, 0.6) is 0 Å². The van der Waals surface area contributed by atoms with Gasteiger partial charge < -0.3 is 10.6 Å². The van der Waals surface area contributed by atoms with Crippen LogP contribution in [0.15, 0.2) is 64.5 Å². The molecule has 1 unspecified atom stereocenters. The molecule has 0 spiro atoms. The van der Waals surface area contributed by atoms with Gasteiger partial charge >= 0.3 is 0 Å². The average Bonchev–Trinajstić information content (AvgIpc) is 3.32. The number of nitrogens with zero attached hydrogens (tertiary/aromatic N) is 2. The lowest BCUT2D eigenvalue weighted by Crippen LogP contribution is -2.39. The van der Waals surface area contributed by atoms with E-state index in [1.807, 2.05) is 25.1 Å². The molecule has 0 radical (unpaired) electrons. The molecule has 31 heavy (non-hydrogen) atoms. The molecule has 1 atom stereocenters. The van der Waals surface area contributed by atoms with E-state index in [4.69, 9.17) is 0 Å². The molecule has 3 rings (SSSR count). The Balaban J connectivity index is 0.00000341. The van der Waals surface area contributed by atoms with Crippen molar-refractivity contribution in [2.75, 3.05) is 26.2 Å². The summed E-state index contributed by atoms with van der Waals surface area (Å²) in [7, 11) is -3.37. The minimum Gasteiger partial charge on any atom is -0.357 e. The van der Waals surface area contributed by atoms with Gasteiger partial charge in [-0.05, 0) is 48.9 Å². The lowest BCUT2D eigenvalue weighted by Gasteiger charge is -2.16. The van der Waals surface area contributed by atoms with E-state index in [1.165, 1.54) is 5.56 Å². The highest BCUT2D eigenvalue weighted by Crippen LogP contribution is 2.21. The Hall–Kier alpha value is -1.65. The van der Waals surface area contributed by atoms with Crippen LogP contribution in [-0.4, -0.2) is 44.9 Å². The standard InChI is InChI=1S/C23H32N4O2S.HI/c1-3-24-23(25-17-19(2)21-9-5-4-6-10-21)26-18-20-11-13-22(14-12-20)30(28,29)27-15-7-8-16-27;/h4-6,9-14,19H,3,7-8,15-18H2,1-2H3,(H2,24,25,26);1H. The molecule has 6 nitrogen and oxygen atoms in total. The number of nitrogens with one attached hydrogen (secondary N) is 2. The quantitative estimate of drug-likeness (QED) is 0.294. The SMILES string of the molecule is CCNC(=NCc1ccc(S(=O)(=O)N2CCCC2)cc1)NCC(C)c1ccccc1.I. The fourth-order valence-electron chi connectivity index (χ4n) is 3.51.